The van der Waals surface area contributed by atoms with Gasteiger partial charge in [0.1, 0.15) is 0 Å². The van der Waals surface area contributed by atoms with Crippen molar-refractivity contribution in [2.45, 2.75) is 25.8 Å². The van der Waals surface area contributed by atoms with Gasteiger partial charge in [0, 0.05) is 28.6 Å². The van der Waals surface area contributed by atoms with Crippen molar-refractivity contribution >= 4 is 22.7 Å². The molecule has 1 aliphatic rings. The normalized spacial score (nSPS) is 13.7. The summed E-state index contributed by atoms with van der Waals surface area (Å²) in [7, 11) is 1.29. The van der Waals surface area contributed by atoms with Crippen molar-refractivity contribution in [2.75, 3.05) is 7.11 Å². The highest BCUT2D eigenvalue weighted by Gasteiger charge is 2.29. The fourth-order valence-electron chi connectivity index (χ4n) is 3.86. The molecule has 0 amide bonds. The summed E-state index contributed by atoms with van der Waals surface area (Å²) in [4.78, 5) is 24.9. The number of ether oxygens (including phenoxy) is 1. The highest BCUT2D eigenvalue weighted by Crippen LogP contribution is 2.35. The quantitative estimate of drug-likeness (QED) is 0.648. The van der Waals surface area contributed by atoms with Gasteiger partial charge in [-0.25, -0.2) is 13.6 Å². The third-order valence-electron chi connectivity index (χ3n) is 5.06. The van der Waals surface area contributed by atoms with Crippen LogP contribution in [0.1, 0.15) is 44.8 Å². The second kappa shape index (κ2) is 6.61. The van der Waals surface area contributed by atoms with Crippen LogP contribution in [0.2, 0.25) is 0 Å². The number of benzene rings is 2. The zero-order chi connectivity index (χ0) is 19.1. The molecule has 27 heavy (non-hydrogen) atoms. The van der Waals surface area contributed by atoms with E-state index in [-0.39, 0.29) is 17.9 Å². The van der Waals surface area contributed by atoms with Crippen molar-refractivity contribution in [3.63, 3.8) is 0 Å². The third-order valence-corrected chi connectivity index (χ3v) is 5.06. The highest BCUT2D eigenvalue weighted by atomic mass is 19.2. The van der Waals surface area contributed by atoms with Crippen LogP contribution in [0.3, 0.4) is 0 Å². The first kappa shape index (κ1) is 17.4. The lowest BCUT2D eigenvalue weighted by atomic mass is 9.92. The lowest BCUT2D eigenvalue weighted by Crippen LogP contribution is -2.14. The Hall–Kier alpha value is -3.02. The van der Waals surface area contributed by atoms with E-state index in [9.17, 15) is 18.4 Å². The average molecular weight is 369 g/mol. The second-order valence-corrected chi connectivity index (χ2v) is 6.59. The number of nitrogens with zero attached hydrogens (tertiary/aromatic N) is 1. The van der Waals surface area contributed by atoms with E-state index in [1.54, 1.807) is 18.2 Å². The molecule has 0 N–H and O–H groups in total. The zero-order valence-corrected chi connectivity index (χ0v) is 14.7. The molecule has 3 aromatic rings. The third kappa shape index (κ3) is 2.72. The summed E-state index contributed by atoms with van der Waals surface area (Å²) >= 11 is 0. The molecule has 0 spiro atoms. The van der Waals surface area contributed by atoms with Gasteiger partial charge in [-0.2, -0.15) is 0 Å². The number of methoxy groups -OCH3 is 1. The minimum Gasteiger partial charge on any atom is -0.465 e. The molecule has 4 nitrogen and oxygen atoms in total. The molecule has 0 fully saturated rings. The fourth-order valence-corrected chi connectivity index (χ4v) is 3.86. The number of rotatable bonds is 3. The Morgan fingerprint density at radius 3 is 2.70 bits per heavy atom. The second-order valence-electron chi connectivity index (χ2n) is 6.59. The molecule has 1 heterocycles. The minimum atomic E-state index is -0.913. The maximum Gasteiger partial charge on any atom is 0.338 e. The van der Waals surface area contributed by atoms with Gasteiger partial charge in [-0.05, 0) is 31.0 Å². The van der Waals surface area contributed by atoms with Crippen molar-refractivity contribution in [1.29, 1.82) is 0 Å². The Bertz CT molecular complexity index is 1080. The van der Waals surface area contributed by atoms with E-state index in [0.717, 1.165) is 11.8 Å². The van der Waals surface area contributed by atoms with Crippen LogP contribution in [0.25, 0.3) is 10.9 Å². The van der Waals surface area contributed by atoms with Crippen molar-refractivity contribution in [1.82, 2.24) is 4.57 Å². The lowest BCUT2D eigenvalue weighted by molar-refractivity contribution is 0.0603. The number of esters is 1. The fraction of sp³-hybridized carbons (Fsp3) is 0.238. The predicted molar refractivity (Wildman–Crippen MR) is 96.0 cm³/mol. The van der Waals surface area contributed by atoms with Crippen molar-refractivity contribution in [3.05, 3.63) is 70.4 Å². The summed E-state index contributed by atoms with van der Waals surface area (Å²) in [6.45, 7) is 0.0767. The SMILES string of the molecule is COC(=O)c1cccc2c1c1c(n2Cc2cccc(F)c2F)CCCC1=O. The van der Waals surface area contributed by atoms with E-state index in [1.165, 1.54) is 19.2 Å². The van der Waals surface area contributed by atoms with Gasteiger partial charge in [0.05, 0.1) is 24.7 Å². The molecule has 1 aromatic heterocycles. The Morgan fingerprint density at radius 1 is 1.15 bits per heavy atom. The maximum absolute atomic E-state index is 14.2. The molecular formula is C21H17F2NO3. The number of fused-ring (bicyclic) bond motifs is 3. The largest absolute Gasteiger partial charge is 0.465 e. The van der Waals surface area contributed by atoms with Gasteiger partial charge in [0.25, 0.3) is 0 Å². The monoisotopic (exact) mass is 369 g/mol. The first-order chi connectivity index (χ1) is 13.0. The van der Waals surface area contributed by atoms with Gasteiger partial charge < -0.3 is 9.30 Å². The number of aromatic nitrogens is 1. The highest BCUT2D eigenvalue weighted by molar-refractivity contribution is 6.16. The van der Waals surface area contributed by atoms with E-state index in [1.807, 2.05) is 4.57 Å². The molecule has 0 saturated carbocycles. The van der Waals surface area contributed by atoms with E-state index < -0.39 is 17.6 Å². The number of halogens is 2. The van der Waals surface area contributed by atoms with Crippen molar-refractivity contribution in [2.24, 2.45) is 0 Å². The minimum absolute atomic E-state index is 0.0453. The molecule has 1 aliphatic carbocycles. The van der Waals surface area contributed by atoms with Crippen molar-refractivity contribution < 1.29 is 23.1 Å². The van der Waals surface area contributed by atoms with Gasteiger partial charge in [-0.15, -0.1) is 0 Å². The summed E-state index contributed by atoms with van der Waals surface area (Å²) < 4.78 is 34.5. The smallest absolute Gasteiger partial charge is 0.338 e. The summed E-state index contributed by atoms with van der Waals surface area (Å²) in [6.07, 6.45) is 1.71. The van der Waals surface area contributed by atoms with Crippen LogP contribution in [0.4, 0.5) is 8.78 Å². The average Bonchev–Trinajstić information content (AvgIpc) is 3.00. The predicted octanol–water partition coefficient (Wildman–Crippen LogP) is 4.27. The molecule has 0 atom stereocenters. The number of hydrogen-bond donors (Lipinski definition) is 0. The summed E-state index contributed by atoms with van der Waals surface area (Å²) in [6, 6.07) is 9.14. The summed E-state index contributed by atoms with van der Waals surface area (Å²) in [5.41, 5.74) is 2.38. The van der Waals surface area contributed by atoms with E-state index in [2.05, 4.69) is 0 Å². The topological polar surface area (TPSA) is 48.3 Å². The molecule has 0 radical (unpaired) electrons. The van der Waals surface area contributed by atoms with Crippen LogP contribution in [0, 0.1) is 11.6 Å². The van der Waals surface area contributed by atoms with E-state index in [4.69, 9.17) is 4.74 Å². The molecule has 4 rings (SSSR count). The standard InChI is InChI=1S/C21H17F2NO3/c1-27-21(26)13-6-3-8-15-18(13)19-16(9-4-10-17(19)25)24(15)11-12-5-2-7-14(22)20(12)23/h2-3,5-8H,4,9-11H2,1H3. The van der Waals surface area contributed by atoms with Crippen LogP contribution < -0.4 is 0 Å². The number of Topliss-reactive ketones (excluding diaryl/α,β-unsaturated/α-hetero) is 1. The van der Waals surface area contributed by atoms with Gasteiger partial charge in [-0.3, -0.25) is 4.79 Å². The number of carbonyl (C=O) groups is 2. The Kier molecular flexibility index (Phi) is 4.26. The number of ketones is 1. The molecule has 0 bridgehead atoms. The maximum atomic E-state index is 14.2. The van der Waals surface area contributed by atoms with Crippen LogP contribution >= 0.6 is 0 Å². The van der Waals surface area contributed by atoms with Gasteiger partial charge in [-0.1, -0.05) is 18.2 Å². The molecule has 0 aliphatic heterocycles. The van der Waals surface area contributed by atoms with Gasteiger partial charge in [0.15, 0.2) is 17.4 Å². The lowest BCUT2D eigenvalue weighted by Gasteiger charge is -2.16. The van der Waals surface area contributed by atoms with Crippen LogP contribution in [-0.4, -0.2) is 23.4 Å². The number of carbonyl (C=O) groups excluding carboxylic acids is 2. The number of hydrogen-bond acceptors (Lipinski definition) is 3. The van der Waals surface area contributed by atoms with E-state index >= 15 is 0 Å². The van der Waals surface area contributed by atoms with Crippen LogP contribution in [0.15, 0.2) is 36.4 Å². The van der Waals surface area contributed by atoms with Crippen molar-refractivity contribution in [3.8, 4) is 0 Å². The van der Waals surface area contributed by atoms with E-state index in [0.29, 0.717) is 41.3 Å². The molecule has 2 aromatic carbocycles. The first-order valence-electron chi connectivity index (χ1n) is 8.71. The molecule has 0 saturated heterocycles. The summed E-state index contributed by atoms with van der Waals surface area (Å²) in [5.74, 6) is -2.39. The molecule has 138 valence electrons. The van der Waals surface area contributed by atoms with Crippen LogP contribution in [0.5, 0.6) is 0 Å². The van der Waals surface area contributed by atoms with Gasteiger partial charge >= 0.3 is 5.97 Å². The van der Waals surface area contributed by atoms with Crippen LogP contribution in [-0.2, 0) is 17.7 Å². The Labute approximate surface area is 154 Å². The molecule has 0 unspecified atom stereocenters. The van der Waals surface area contributed by atoms with Gasteiger partial charge in [0.2, 0.25) is 0 Å². The first-order valence-corrected chi connectivity index (χ1v) is 8.71. The zero-order valence-electron chi connectivity index (χ0n) is 14.7. The Balaban J connectivity index is 2.00. The molecular weight excluding hydrogens is 352 g/mol. The Morgan fingerprint density at radius 2 is 1.93 bits per heavy atom. The molecule has 6 heteroatoms. The summed E-state index contributed by atoms with van der Waals surface area (Å²) in [5, 5.41) is 0.529.